The first kappa shape index (κ1) is 10.8. The van der Waals surface area contributed by atoms with Gasteiger partial charge in [-0.1, -0.05) is 13.8 Å². The van der Waals surface area contributed by atoms with E-state index < -0.39 is 0 Å². The molecule has 1 aromatic rings. The van der Waals surface area contributed by atoms with E-state index in [0.29, 0.717) is 12.5 Å². The van der Waals surface area contributed by atoms with Crippen LogP contribution in [0.1, 0.15) is 25.8 Å². The van der Waals surface area contributed by atoms with E-state index in [2.05, 4.69) is 29.1 Å². The van der Waals surface area contributed by atoms with Crippen LogP contribution >= 0.6 is 0 Å². The van der Waals surface area contributed by atoms with Crippen LogP contribution in [0.5, 0.6) is 5.88 Å². The first-order valence-electron chi connectivity index (χ1n) is 4.97. The lowest BCUT2D eigenvalue weighted by Gasteiger charge is -2.11. The maximum atomic E-state index is 5.53. The van der Waals surface area contributed by atoms with Crippen molar-refractivity contribution in [1.82, 2.24) is 9.97 Å². The van der Waals surface area contributed by atoms with Gasteiger partial charge in [0.15, 0.2) is 0 Å². The molecular weight excluding hydrogens is 178 g/mol. The van der Waals surface area contributed by atoms with Gasteiger partial charge in [-0.2, -0.15) is 0 Å². The number of aromatic nitrogens is 2. The van der Waals surface area contributed by atoms with E-state index in [1.807, 2.05) is 7.05 Å². The molecule has 0 aliphatic heterocycles. The normalized spacial score (nSPS) is 9.93. The zero-order valence-corrected chi connectivity index (χ0v) is 9.00. The molecule has 0 unspecified atom stereocenters. The minimum Gasteiger partial charge on any atom is -0.477 e. The first-order valence-corrected chi connectivity index (χ1v) is 4.97. The largest absolute Gasteiger partial charge is 0.477 e. The van der Waals surface area contributed by atoms with Crippen LogP contribution in [0.4, 0.5) is 5.82 Å². The van der Waals surface area contributed by atoms with Gasteiger partial charge in [-0.3, -0.25) is 0 Å². The number of ether oxygens (including phenoxy) is 1. The van der Waals surface area contributed by atoms with Gasteiger partial charge >= 0.3 is 0 Å². The molecule has 1 heterocycles. The summed E-state index contributed by atoms with van der Waals surface area (Å²) in [6.07, 6.45) is 3.38. The van der Waals surface area contributed by atoms with Crippen molar-refractivity contribution < 1.29 is 4.74 Å². The van der Waals surface area contributed by atoms with Crippen molar-refractivity contribution in [3.63, 3.8) is 0 Å². The average molecular weight is 195 g/mol. The number of hydrogen-bond donors (Lipinski definition) is 1. The quantitative estimate of drug-likeness (QED) is 0.779. The summed E-state index contributed by atoms with van der Waals surface area (Å²) in [6, 6.07) is 0. The van der Waals surface area contributed by atoms with Crippen molar-refractivity contribution in [1.29, 1.82) is 0 Å². The van der Waals surface area contributed by atoms with E-state index in [9.17, 15) is 0 Å². The molecule has 78 valence electrons. The Morgan fingerprint density at radius 2 is 2.14 bits per heavy atom. The summed E-state index contributed by atoms with van der Waals surface area (Å²) in [7, 11) is 1.85. The number of nitrogens with one attached hydrogen (secondary N) is 1. The monoisotopic (exact) mass is 195 g/mol. The maximum Gasteiger partial charge on any atom is 0.221 e. The standard InChI is InChI=1S/C10H17N3O/c1-4-6-14-10-8(5-2)9(11-3)12-7-13-10/h7H,4-6H2,1-3H3,(H,11,12,13). The van der Waals surface area contributed by atoms with Gasteiger partial charge in [-0.15, -0.1) is 0 Å². The van der Waals surface area contributed by atoms with Gasteiger partial charge < -0.3 is 10.1 Å². The molecule has 1 aromatic heterocycles. The molecule has 0 bridgehead atoms. The van der Waals surface area contributed by atoms with Gasteiger partial charge in [-0.25, -0.2) is 9.97 Å². The molecule has 4 heteroatoms. The molecule has 0 spiro atoms. The summed E-state index contributed by atoms with van der Waals surface area (Å²) < 4.78 is 5.53. The maximum absolute atomic E-state index is 5.53. The van der Waals surface area contributed by atoms with Crippen LogP contribution in [0.25, 0.3) is 0 Å². The molecule has 0 aliphatic carbocycles. The highest BCUT2D eigenvalue weighted by Gasteiger charge is 2.08. The molecule has 0 radical (unpaired) electrons. The molecule has 14 heavy (non-hydrogen) atoms. The SMILES string of the molecule is CCCOc1ncnc(NC)c1CC. The molecule has 1 rings (SSSR count). The second-order valence-corrected chi connectivity index (χ2v) is 2.96. The van der Waals surface area contributed by atoms with Crippen LogP contribution < -0.4 is 10.1 Å². The van der Waals surface area contributed by atoms with Gasteiger partial charge in [0.25, 0.3) is 0 Å². The Kier molecular flexibility index (Phi) is 4.16. The van der Waals surface area contributed by atoms with E-state index in [4.69, 9.17) is 4.74 Å². The highest BCUT2D eigenvalue weighted by atomic mass is 16.5. The zero-order chi connectivity index (χ0) is 10.4. The molecule has 0 amide bonds. The molecule has 0 saturated carbocycles. The third kappa shape index (κ3) is 2.34. The van der Waals surface area contributed by atoms with E-state index in [0.717, 1.165) is 24.2 Å². The average Bonchev–Trinajstić information content (AvgIpc) is 2.25. The number of rotatable bonds is 5. The number of hydrogen-bond acceptors (Lipinski definition) is 4. The first-order chi connectivity index (χ1) is 6.83. The Morgan fingerprint density at radius 3 is 2.71 bits per heavy atom. The van der Waals surface area contributed by atoms with Crippen molar-refractivity contribution in [2.24, 2.45) is 0 Å². The van der Waals surface area contributed by atoms with Crippen molar-refractivity contribution >= 4 is 5.82 Å². The van der Waals surface area contributed by atoms with E-state index >= 15 is 0 Å². The number of nitrogens with zero attached hydrogens (tertiary/aromatic N) is 2. The molecular formula is C10H17N3O. The Morgan fingerprint density at radius 1 is 1.36 bits per heavy atom. The van der Waals surface area contributed by atoms with Gasteiger partial charge in [0.2, 0.25) is 5.88 Å². The molecule has 0 aliphatic rings. The van der Waals surface area contributed by atoms with Gasteiger partial charge in [0.05, 0.1) is 12.2 Å². The van der Waals surface area contributed by atoms with Crippen LogP contribution in [0.3, 0.4) is 0 Å². The predicted octanol–water partition coefficient (Wildman–Crippen LogP) is 1.87. The molecule has 0 atom stereocenters. The summed E-state index contributed by atoms with van der Waals surface area (Å²) in [5, 5.41) is 3.03. The summed E-state index contributed by atoms with van der Waals surface area (Å²) >= 11 is 0. The van der Waals surface area contributed by atoms with E-state index in [1.165, 1.54) is 6.33 Å². The lowest BCUT2D eigenvalue weighted by Crippen LogP contribution is -2.05. The fourth-order valence-electron chi connectivity index (χ4n) is 1.25. The zero-order valence-electron chi connectivity index (χ0n) is 9.00. The molecule has 1 N–H and O–H groups in total. The minimum absolute atomic E-state index is 0.702. The van der Waals surface area contributed by atoms with E-state index in [-0.39, 0.29) is 0 Å². The van der Waals surface area contributed by atoms with Crippen LogP contribution in [0.15, 0.2) is 6.33 Å². The third-order valence-electron chi connectivity index (χ3n) is 1.94. The Bertz CT molecular complexity index is 289. The Balaban J connectivity index is 2.90. The van der Waals surface area contributed by atoms with Gasteiger partial charge in [0.1, 0.15) is 12.1 Å². The van der Waals surface area contributed by atoms with Gasteiger partial charge in [0, 0.05) is 7.05 Å². The second kappa shape index (κ2) is 5.42. The Hall–Kier alpha value is -1.32. The highest BCUT2D eigenvalue weighted by molar-refractivity contribution is 5.48. The summed E-state index contributed by atoms with van der Waals surface area (Å²) in [6.45, 7) is 4.84. The molecule has 0 fully saturated rings. The van der Waals surface area contributed by atoms with Crippen LogP contribution in [-0.2, 0) is 6.42 Å². The number of anilines is 1. The fraction of sp³-hybridized carbons (Fsp3) is 0.600. The minimum atomic E-state index is 0.702. The molecule has 0 saturated heterocycles. The summed E-state index contributed by atoms with van der Waals surface area (Å²) in [5.41, 5.74) is 1.04. The lowest BCUT2D eigenvalue weighted by molar-refractivity contribution is 0.301. The third-order valence-corrected chi connectivity index (χ3v) is 1.94. The predicted molar refractivity (Wildman–Crippen MR) is 56.7 cm³/mol. The van der Waals surface area contributed by atoms with Crippen molar-refractivity contribution in [2.75, 3.05) is 19.0 Å². The van der Waals surface area contributed by atoms with Crippen molar-refractivity contribution in [3.05, 3.63) is 11.9 Å². The summed E-state index contributed by atoms with van der Waals surface area (Å²) in [5.74, 6) is 1.56. The fourth-order valence-corrected chi connectivity index (χ4v) is 1.25. The second-order valence-electron chi connectivity index (χ2n) is 2.96. The van der Waals surface area contributed by atoms with E-state index in [1.54, 1.807) is 0 Å². The smallest absolute Gasteiger partial charge is 0.221 e. The Labute approximate surface area is 84.7 Å². The molecule has 0 aromatic carbocycles. The topological polar surface area (TPSA) is 47.0 Å². The highest BCUT2D eigenvalue weighted by Crippen LogP contribution is 2.21. The van der Waals surface area contributed by atoms with Crippen molar-refractivity contribution in [2.45, 2.75) is 26.7 Å². The van der Waals surface area contributed by atoms with Crippen LogP contribution in [0.2, 0.25) is 0 Å². The van der Waals surface area contributed by atoms with Crippen LogP contribution in [0, 0.1) is 0 Å². The molecule has 4 nitrogen and oxygen atoms in total. The van der Waals surface area contributed by atoms with Crippen LogP contribution in [-0.4, -0.2) is 23.6 Å². The van der Waals surface area contributed by atoms with Crippen molar-refractivity contribution in [3.8, 4) is 5.88 Å². The summed E-state index contributed by atoms with van der Waals surface area (Å²) in [4.78, 5) is 8.26. The van der Waals surface area contributed by atoms with Gasteiger partial charge in [-0.05, 0) is 12.8 Å². The lowest BCUT2D eigenvalue weighted by atomic mass is 10.2.